The standard InChI is InChI=1S/C12H15BrSi/c1-14(2,3)8-7-11-5-4-6-12(9-11)10-13/h4-6,9H,10H2,1-3H3. The zero-order valence-corrected chi connectivity index (χ0v) is 11.5. The quantitative estimate of drug-likeness (QED) is 0.412. The molecule has 0 atom stereocenters. The van der Waals surface area contributed by atoms with Crippen LogP contribution in [-0.2, 0) is 5.33 Å². The zero-order chi connectivity index (χ0) is 10.6. The van der Waals surface area contributed by atoms with Gasteiger partial charge in [-0.05, 0) is 17.7 Å². The Labute approximate surface area is 95.9 Å². The molecule has 74 valence electrons. The second kappa shape index (κ2) is 4.81. The molecule has 2 heteroatoms. The largest absolute Gasteiger partial charge is 0.129 e. The van der Waals surface area contributed by atoms with Crippen LogP contribution in [0.25, 0.3) is 0 Å². The van der Waals surface area contributed by atoms with Gasteiger partial charge in [0.15, 0.2) is 0 Å². The highest BCUT2D eigenvalue weighted by Gasteiger charge is 2.07. The monoisotopic (exact) mass is 266 g/mol. The van der Waals surface area contributed by atoms with E-state index in [0.717, 1.165) is 10.9 Å². The number of benzene rings is 1. The van der Waals surface area contributed by atoms with Crippen molar-refractivity contribution in [3.8, 4) is 11.5 Å². The predicted octanol–water partition coefficient (Wildman–Crippen LogP) is 3.81. The van der Waals surface area contributed by atoms with Crippen molar-refractivity contribution < 1.29 is 0 Å². The van der Waals surface area contributed by atoms with Crippen LogP contribution in [-0.4, -0.2) is 8.07 Å². The third kappa shape index (κ3) is 4.12. The summed E-state index contributed by atoms with van der Waals surface area (Å²) in [6.07, 6.45) is 0. The topological polar surface area (TPSA) is 0 Å². The van der Waals surface area contributed by atoms with E-state index in [2.05, 4.69) is 71.3 Å². The van der Waals surface area contributed by atoms with Gasteiger partial charge in [-0.25, -0.2) is 0 Å². The molecule has 0 heterocycles. The first-order valence-corrected chi connectivity index (χ1v) is 9.31. The summed E-state index contributed by atoms with van der Waals surface area (Å²) < 4.78 is 0. The highest BCUT2D eigenvalue weighted by Crippen LogP contribution is 2.08. The summed E-state index contributed by atoms with van der Waals surface area (Å²) >= 11 is 3.44. The molecule has 1 aromatic rings. The predicted molar refractivity (Wildman–Crippen MR) is 69.3 cm³/mol. The van der Waals surface area contributed by atoms with Crippen molar-refractivity contribution in [2.75, 3.05) is 0 Å². The minimum absolute atomic E-state index is 0.898. The van der Waals surface area contributed by atoms with Crippen LogP contribution in [0.4, 0.5) is 0 Å². The summed E-state index contributed by atoms with van der Waals surface area (Å²) in [5, 5.41) is 0.898. The minimum Gasteiger partial charge on any atom is -0.127 e. The lowest BCUT2D eigenvalue weighted by Gasteiger charge is -2.03. The van der Waals surface area contributed by atoms with Crippen molar-refractivity contribution in [1.29, 1.82) is 0 Å². The second-order valence-electron chi connectivity index (χ2n) is 4.33. The molecule has 1 rings (SSSR count). The third-order valence-electron chi connectivity index (χ3n) is 1.66. The highest BCUT2D eigenvalue weighted by molar-refractivity contribution is 9.08. The maximum Gasteiger partial charge on any atom is 0.129 e. The zero-order valence-electron chi connectivity index (χ0n) is 8.89. The molecule has 0 fully saturated rings. The third-order valence-corrected chi connectivity index (χ3v) is 3.19. The van der Waals surface area contributed by atoms with Gasteiger partial charge in [0.1, 0.15) is 8.07 Å². The smallest absolute Gasteiger partial charge is 0.127 e. The Morgan fingerprint density at radius 3 is 2.57 bits per heavy atom. The molecule has 0 N–H and O–H groups in total. The lowest BCUT2D eigenvalue weighted by atomic mass is 10.1. The fourth-order valence-electron chi connectivity index (χ4n) is 0.992. The number of hydrogen-bond acceptors (Lipinski definition) is 0. The first-order valence-electron chi connectivity index (χ1n) is 4.69. The Morgan fingerprint density at radius 2 is 2.00 bits per heavy atom. The summed E-state index contributed by atoms with van der Waals surface area (Å²) in [5.41, 5.74) is 5.78. The van der Waals surface area contributed by atoms with E-state index in [1.165, 1.54) is 5.56 Å². The fraction of sp³-hybridized carbons (Fsp3) is 0.333. The molecular weight excluding hydrogens is 252 g/mol. The lowest BCUT2D eigenvalue weighted by Crippen LogP contribution is -2.16. The Balaban J connectivity index is 2.90. The fourth-order valence-corrected chi connectivity index (χ4v) is 1.86. The van der Waals surface area contributed by atoms with Crippen molar-refractivity contribution in [2.24, 2.45) is 0 Å². The maximum absolute atomic E-state index is 3.44. The molecule has 0 unspecified atom stereocenters. The van der Waals surface area contributed by atoms with Crippen molar-refractivity contribution in [3.63, 3.8) is 0 Å². The molecular formula is C12H15BrSi. The number of alkyl halides is 1. The van der Waals surface area contributed by atoms with Gasteiger partial charge in [-0.1, -0.05) is 53.6 Å². The van der Waals surface area contributed by atoms with Gasteiger partial charge in [0.2, 0.25) is 0 Å². The number of rotatable bonds is 1. The van der Waals surface area contributed by atoms with Crippen molar-refractivity contribution in [3.05, 3.63) is 35.4 Å². The summed E-state index contributed by atoms with van der Waals surface area (Å²) in [4.78, 5) is 0. The Hall–Kier alpha value is -0.523. The van der Waals surface area contributed by atoms with E-state index in [4.69, 9.17) is 0 Å². The molecule has 0 radical (unpaired) electrons. The van der Waals surface area contributed by atoms with Crippen LogP contribution in [0.15, 0.2) is 24.3 Å². The molecule has 0 nitrogen and oxygen atoms in total. The molecule has 0 aliphatic heterocycles. The van der Waals surface area contributed by atoms with E-state index in [1.54, 1.807) is 0 Å². The van der Waals surface area contributed by atoms with Crippen molar-refractivity contribution >= 4 is 24.0 Å². The average Bonchev–Trinajstić information content (AvgIpc) is 2.14. The second-order valence-corrected chi connectivity index (χ2v) is 9.64. The molecule has 0 spiro atoms. The van der Waals surface area contributed by atoms with Crippen molar-refractivity contribution in [2.45, 2.75) is 25.0 Å². The van der Waals surface area contributed by atoms with Crippen LogP contribution >= 0.6 is 15.9 Å². The van der Waals surface area contributed by atoms with Gasteiger partial charge in [-0.3, -0.25) is 0 Å². The molecule has 14 heavy (non-hydrogen) atoms. The van der Waals surface area contributed by atoms with Crippen LogP contribution in [0.5, 0.6) is 0 Å². The van der Waals surface area contributed by atoms with E-state index < -0.39 is 8.07 Å². The molecule has 0 aromatic heterocycles. The highest BCUT2D eigenvalue weighted by atomic mass is 79.9. The Morgan fingerprint density at radius 1 is 1.29 bits per heavy atom. The molecule has 0 saturated carbocycles. The SMILES string of the molecule is C[Si](C)(C)C#Cc1cccc(CBr)c1. The van der Waals surface area contributed by atoms with Crippen molar-refractivity contribution in [1.82, 2.24) is 0 Å². The maximum atomic E-state index is 3.44. The van der Waals surface area contributed by atoms with E-state index in [9.17, 15) is 0 Å². The summed E-state index contributed by atoms with van der Waals surface area (Å²) in [7, 11) is -1.24. The normalized spacial score (nSPS) is 10.6. The van der Waals surface area contributed by atoms with E-state index in [0.29, 0.717) is 0 Å². The molecule has 1 aromatic carbocycles. The van der Waals surface area contributed by atoms with Crippen LogP contribution in [0.3, 0.4) is 0 Å². The average molecular weight is 267 g/mol. The molecule has 0 amide bonds. The molecule has 0 aliphatic carbocycles. The first kappa shape index (κ1) is 11.6. The van der Waals surface area contributed by atoms with Gasteiger partial charge in [-0.2, -0.15) is 0 Å². The van der Waals surface area contributed by atoms with Gasteiger partial charge in [0.25, 0.3) is 0 Å². The van der Waals surface area contributed by atoms with Gasteiger partial charge in [-0.15, -0.1) is 5.54 Å². The summed E-state index contributed by atoms with van der Waals surface area (Å²) in [6.45, 7) is 6.77. The number of halogens is 1. The van der Waals surface area contributed by atoms with Gasteiger partial charge >= 0.3 is 0 Å². The van der Waals surface area contributed by atoms with Crippen LogP contribution in [0, 0.1) is 11.5 Å². The Bertz CT molecular complexity index is 366. The lowest BCUT2D eigenvalue weighted by molar-refractivity contribution is 1.42. The van der Waals surface area contributed by atoms with Gasteiger partial charge < -0.3 is 0 Å². The summed E-state index contributed by atoms with van der Waals surface area (Å²) in [6, 6.07) is 8.38. The number of hydrogen-bond donors (Lipinski definition) is 0. The minimum atomic E-state index is -1.24. The summed E-state index contributed by atoms with van der Waals surface area (Å²) in [5.74, 6) is 3.25. The first-order chi connectivity index (χ1) is 6.51. The molecule has 0 aliphatic rings. The van der Waals surface area contributed by atoms with E-state index in [1.807, 2.05) is 0 Å². The van der Waals surface area contributed by atoms with Crippen LogP contribution in [0.1, 0.15) is 11.1 Å². The molecule has 0 saturated heterocycles. The molecule has 0 bridgehead atoms. The van der Waals surface area contributed by atoms with E-state index in [-0.39, 0.29) is 0 Å². The van der Waals surface area contributed by atoms with E-state index >= 15 is 0 Å². The van der Waals surface area contributed by atoms with Crippen LogP contribution < -0.4 is 0 Å². The van der Waals surface area contributed by atoms with Gasteiger partial charge in [0.05, 0.1) is 0 Å². The van der Waals surface area contributed by atoms with Gasteiger partial charge in [0, 0.05) is 10.9 Å². The Kier molecular flexibility index (Phi) is 3.97. The van der Waals surface area contributed by atoms with Crippen LogP contribution in [0.2, 0.25) is 19.6 Å².